The van der Waals surface area contributed by atoms with Crippen molar-refractivity contribution >= 4 is 5.71 Å². The molecule has 0 spiro atoms. The minimum atomic E-state index is -4.11. The zero-order chi connectivity index (χ0) is 10.9. The Morgan fingerprint density at radius 1 is 1.38 bits per heavy atom. The Balaban J connectivity index is 0. The highest BCUT2D eigenvalue weighted by molar-refractivity contribution is 5.92. The SMILES string of the molecule is C=C.CN=C(C)/C=C\CC(F)(F)F. The second-order valence-electron chi connectivity index (χ2n) is 2.09. The van der Waals surface area contributed by atoms with Gasteiger partial charge in [0.2, 0.25) is 0 Å². The van der Waals surface area contributed by atoms with Gasteiger partial charge in [0, 0.05) is 12.8 Å². The van der Waals surface area contributed by atoms with Crippen LogP contribution in [-0.4, -0.2) is 18.9 Å². The second-order valence-corrected chi connectivity index (χ2v) is 2.09. The highest BCUT2D eigenvalue weighted by Gasteiger charge is 2.24. The molecule has 0 unspecified atom stereocenters. The maximum atomic E-state index is 11.5. The topological polar surface area (TPSA) is 12.4 Å². The number of aliphatic imine (C=N–C) groups is 1. The smallest absolute Gasteiger partial charge is 0.293 e. The maximum absolute atomic E-state index is 11.5. The predicted molar refractivity (Wildman–Crippen MR) is 50.1 cm³/mol. The molecule has 4 heteroatoms. The summed E-state index contributed by atoms with van der Waals surface area (Å²) in [6.07, 6.45) is -2.58. The van der Waals surface area contributed by atoms with Gasteiger partial charge in [-0.2, -0.15) is 13.2 Å². The first-order valence-electron chi connectivity index (χ1n) is 3.62. The van der Waals surface area contributed by atoms with Crippen molar-refractivity contribution < 1.29 is 13.2 Å². The van der Waals surface area contributed by atoms with Crippen LogP contribution >= 0.6 is 0 Å². The molecule has 0 aromatic rings. The van der Waals surface area contributed by atoms with E-state index in [2.05, 4.69) is 18.2 Å². The molecule has 0 aliphatic heterocycles. The van der Waals surface area contributed by atoms with Crippen LogP contribution in [0.2, 0.25) is 0 Å². The summed E-state index contributed by atoms with van der Waals surface area (Å²) in [5.74, 6) is 0. The van der Waals surface area contributed by atoms with Crippen LogP contribution < -0.4 is 0 Å². The zero-order valence-corrected chi connectivity index (χ0v) is 7.86. The summed E-state index contributed by atoms with van der Waals surface area (Å²) in [6.45, 7) is 7.65. The highest BCUT2D eigenvalue weighted by atomic mass is 19.4. The molecular formula is C9H14F3N. The molecule has 0 aliphatic rings. The summed E-state index contributed by atoms with van der Waals surface area (Å²) >= 11 is 0. The first kappa shape index (κ1) is 14.5. The first-order chi connectivity index (χ1) is 5.95. The minimum Gasteiger partial charge on any atom is -0.293 e. The van der Waals surface area contributed by atoms with Crippen molar-refractivity contribution in [3.05, 3.63) is 25.3 Å². The molecule has 0 amide bonds. The van der Waals surface area contributed by atoms with E-state index in [4.69, 9.17) is 0 Å². The lowest BCUT2D eigenvalue weighted by Gasteiger charge is -1.99. The lowest BCUT2D eigenvalue weighted by molar-refractivity contribution is -0.124. The lowest BCUT2D eigenvalue weighted by Crippen LogP contribution is -2.04. The van der Waals surface area contributed by atoms with E-state index in [0.717, 1.165) is 6.08 Å². The average Bonchev–Trinajstić information content (AvgIpc) is 2.05. The third-order valence-corrected chi connectivity index (χ3v) is 1.06. The van der Waals surface area contributed by atoms with Gasteiger partial charge in [-0.3, -0.25) is 4.99 Å². The zero-order valence-electron chi connectivity index (χ0n) is 7.86. The van der Waals surface area contributed by atoms with Gasteiger partial charge in [0.05, 0.1) is 6.42 Å². The molecular weight excluding hydrogens is 179 g/mol. The Kier molecular flexibility index (Phi) is 8.44. The summed E-state index contributed by atoms with van der Waals surface area (Å²) in [4.78, 5) is 3.67. The molecule has 0 radical (unpaired) electrons. The Labute approximate surface area is 76.7 Å². The molecule has 0 N–H and O–H groups in total. The van der Waals surface area contributed by atoms with Crippen LogP contribution in [0.5, 0.6) is 0 Å². The van der Waals surface area contributed by atoms with E-state index in [1.54, 1.807) is 6.92 Å². The molecule has 1 nitrogen and oxygen atoms in total. The van der Waals surface area contributed by atoms with Crippen LogP contribution in [-0.2, 0) is 0 Å². The van der Waals surface area contributed by atoms with Crippen molar-refractivity contribution in [2.75, 3.05) is 7.05 Å². The number of hydrogen-bond acceptors (Lipinski definition) is 1. The van der Waals surface area contributed by atoms with Gasteiger partial charge in [-0.1, -0.05) is 6.08 Å². The van der Waals surface area contributed by atoms with Gasteiger partial charge < -0.3 is 0 Å². The Bertz CT molecular complexity index is 180. The van der Waals surface area contributed by atoms with Crippen LogP contribution in [0.3, 0.4) is 0 Å². The summed E-state index contributed by atoms with van der Waals surface area (Å²) < 4.78 is 34.6. The van der Waals surface area contributed by atoms with Crippen molar-refractivity contribution in [2.24, 2.45) is 4.99 Å². The lowest BCUT2D eigenvalue weighted by atomic mass is 10.3. The van der Waals surface area contributed by atoms with Crippen molar-refractivity contribution in [1.29, 1.82) is 0 Å². The normalized spacial score (nSPS) is 12.5. The van der Waals surface area contributed by atoms with Crippen LogP contribution in [0.25, 0.3) is 0 Å². The number of hydrogen-bond donors (Lipinski definition) is 0. The van der Waals surface area contributed by atoms with Crippen LogP contribution in [0.4, 0.5) is 13.2 Å². The number of nitrogens with zero attached hydrogens (tertiary/aromatic N) is 1. The summed E-state index contributed by atoms with van der Waals surface area (Å²) in [5.41, 5.74) is 0.592. The summed E-state index contributed by atoms with van der Waals surface area (Å²) in [6, 6.07) is 0. The van der Waals surface area contributed by atoms with Gasteiger partial charge in [0.25, 0.3) is 0 Å². The molecule has 0 atom stereocenters. The third kappa shape index (κ3) is 13.9. The molecule has 76 valence electrons. The van der Waals surface area contributed by atoms with Crippen molar-refractivity contribution in [1.82, 2.24) is 0 Å². The first-order valence-corrected chi connectivity index (χ1v) is 3.62. The Hall–Kier alpha value is -1.06. The third-order valence-electron chi connectivity index (χ3n) is 1.06. The van der Waals surface area contributed by atoms with Gasteiger partial charge >= 0.3 is 6.18 Å². The maximum Gasteiger partial charge on any atom is 0.392 e. The molecule has 0 fully saturated rings. The molecule has 0 aliphatic carbocycles. The Morgan fingerprint density at radius 2 is 1.85 bits per heavy atom. The second kappa shape index (κ2) is 7.58. The fourth-order valence-electron chi connectivity index (χ4n) is 0.438. The highest BCUT2D eigenvalue weighted by Crippen LogP contribution is 2.19. The van der Waals surface area contributed by atoms with E-state index < -0.39 is 12.6 Å². The van der Waals surface area contributed by atoms with Gasteiger partial charge in [-0.05, 0) is 13.0 Å². The van der Waals surface area contributed by atoms with Crippen molar-refractivity contribution in [3.8, 4) is 0 Å². The molecule has 0 aromatic carbocycles. The van der Waals surface area contributed by atoms with E-state index >= 15 is 0 Å². The van der Waals surface area contributed by atoms with Gasteiger partial charge in [0.1, 0.15) is 0 Å². The van der Waals surface area contributed by atoms with Gasteiger partial charge in [-0.25, -0.2) is 0 Å². The minimum absolute atomic E-state index is 0.592. The quantitative estimate of drug-likeness (QED) is 0.471. The van der Waals surface area contributed by atoms with Crippen molar-refractivity contribution in [3.63, 3.8) is 0 Å². The largest absolute Gasteiger partial charge is 0.392 e. The summed E-state index contributed by atoms with van der Waals surface area (Å²) in [5, 5.41) is 0. The number of allylic oxidation sites excluding steroid dienone is 2. The van der Waals surface area contributed by atoms with Crippen LogP contribution in [0, 0.1) is 0 Å². The monoisotopic (exact) mass is 193 g/mol. The van der Waals surface area contributed by atoms with E-state index in [1.807, 2.05) is 0 Å². The number of halogens is 3. The molecule has 0 heterocycles. The van der Waals surface area contributed by atoms with Crippen LogP contribution in [0.15, 0.2) is 30.3 Å². The van der Waals surface area contributed by atoms with E-state index in [1.165, 1.54) is 13.1 Å². The fraction of sp³-hybridized carbons (Fsp3) is 0.444. The number of alkyl halides is 3. The predicted octanol–water partition coefficient (Wildman–Crippen LogP) is 3.39. The molecule has 13 heavy (non-hydrogen) atoms. The molecule has 0 aromatic heterocycles. The van der Waals surface area contributed by atoms with Crippen LogP contribution in [0.1, 0.15) is 13.3 Å². The molecule has 0 bridgehead atoms. The number of rotatable bonds is 2. The van der Waals surface area contributed by atoms with Gasteiger partial charge in [-0.15, -0.1) is 13.2 Å². The van der Waals surface area contributed by atoms with E-state index in [0.29, 0.717) is 5.71 Å². The standard InChI is InChI=1S/C7H10F3N.C2H4/c1-6(11-2)4-3-5-7(8,9)10;1-2/h3-4H,5H2,1-2H3;1-2H2/b4-3-,11-6?;. The van der Waals surface area contributed by atoms with Crippen molar-refractivity contribution in [2.45, 2.75) is 19.5 Å². The summed E-state index contributed by atoms with van der Waals surface area (Å²) in [7, 11) is 1.53. The van der Waals surface area contributed by atoms with E-state index in [-0.39, 0.29) is 0 Å². The molecule has 0 saturated carbocycles. The van der Waals surface area contributed by atoms with Gasteiger partial charge in [0.15, 0.2) is 0 Å². The Morgan fingerprint density at radius 3 is 2.15 bits per heavy atom. The average molecular weight is 193 g/mol. The molecule has 0 saturated heterocycles. The molecule has 0 rings (SSSR count). The van der Waals surface area contributed by atoms with E-state index in [9.17, 15) is 13.2 Å². The fourth-order valence-corrected chi connectivity index (χ4v) is 0.438.